The molecule has 2 amide bonds. The quantitative estimate of drug-likeness (QED) is 0.668. The van der Waals surface area contributed by atoms with Crippen molar-refractivity contribution in [2.45, 2.75) is 33.6 Å². The fraction of sp³-hybridized carbons (Fsp3) is 0.471. The summed E-state index contributed by atoms with van der Waals surface area (Å²) in [5.41, 5.74) is 0.732. The third kappa shape index (κ3) is 7.00. The van der Waals surface area contributed by atoms with Crippen molar-refractivity contribution in [3.05, 3.63) is 28.8 Å². The van der Waals surface area contributed by atoms with Gasteiger partial charge in [0.05, 0.1) is 10.6 Å². The summed E-state index contributed by atoms with van der Waals surface area (Å²) in [6.45, 7) is 5.85. The van der Waals surface area contributed by atoms with E-state index in [0.717, 1.165) is 0 Å². The van der Waals surface area contributed by atoms with Crippen LogP contribution in [0.4, 0.5) is 5.69 Å². The second-order valence-electron chi connectivity index (χ2n) is 6.25. The molecule has 1 atom stereocenters. The van der Waals surface area contributed by atoms with Gasteiger partial charge in [-0.25, -0.2) is 0 Å². The van der Waals surface area contributed by atoms with Crippen molar-refractivity contribution >= 4 is 35.1 Å². The van der Waals surface area contributed by atoms with E-state index >= 15 is 0 Å². The maximum Gasteiger partial charge on any atom is 0.303 e. The molecule has 0 aliphatic carbocycles. The fourth-order valence-corrected chi connectivity index (χ4v) is 2.30. The molecule has 0 radical (unpaired) electrons. The van der Waals surface area contributed by atoms with E-state index in [1.807, 2.05) is 13.8 Å². The van der Waals surface area contributed by atoms with Crippen LogP contribution in [0.5, 0.6) is 0 Å². The number of carbonyl (C=O) groups is 3. The van der Waals surface area contributed by atoms with Crippen LogP contribution in [-0.2, 0) is 9.59 Å². The minimum Gasteiger partial charge on any atom is -0.481 e. The lowest BCUT2D eigenvalue weighted by Gasteiger charge is -2.13. The predicted octanol–water partition coefficient (Wildman–Crippen LogP) is 3.17. The number of aliphatic carboxylic acids is 1. The molecule has 0 aromatic heterocycles. The number of nitrogens with one attached hydrogen (secondary N) is 2. The van der Waals surface area contributed by atoms with Crippen molar-refractivity contribution in [3.8, 4) is 0 Å². The number of benzene rings is 1. The molecule has 0 saturated heterocycles. The molecule has 0 aliphatic rings. The van der Waals surface area contributed by atoms with Crippen LogP contribution in [0.25, 0.3) is 0 Å². The van der Waals surface area contributed by atoms with E-state index in [1.165, 1.54) is 6.07 Å². The molecule has 132 valence electrons. The van der Waals surface area contributed by atoms with Gasteiger partial charge in [0, 0.05) is 25.1 Å². The Bertz CT molecular complexity index is 617. The lowest BCUT2D eigenvalue weighted by molar-refractivity contribution is -0.137. The highest BCUT2D eigenvalue weighted by Crippen LogP contribution is 2.21. The van der Waals surface area contributed by atoms with Gasteiger partial charge in [-0.3, -0.25) is 14.4 Å². The molecule has 1 aromatic carbocycles. The first-order valence-corrected chi connectivity index (χ1v) is 8.16. The third-order valence-electron chi connectivity index (χ3n) is 3.22. The molecule has 1 rings (SSSR count). The van der Waals surface area contributed by atoms with Gasteiger partial charge in [-0.15, -0.1) is 0 Å². The first-order chi connectivity index (χ1) is 11.2. The average Bonchev–Trinajstić information content (AvgIpc) is 2.45. The smallest absolute Gasteiger partial charge is 0.303 e. The van der Waals surface area contributed by atoms with E-state index in [2.05, 4.69) is 10.6 Å². The number of amides is 2. The maximum absolute atomic E-state index is 12.2. The van der Waals surface area contributed by atoms with Gasteiger partial charge < -0.3 is 15.7 Å². The summed E-state index contributed by atoms with van der Waals surface area (Å²) in [5, 5.41) is 14.4. The molecule has 0 bridgehead atoms. The highest BCUT2D eigenvalue weighted by Gasteiger charge is 2.15. The van der Waals surface area contributed by atoms with Crippen molar-refractivity contribution < 1.29 is 19.5 Å². The van der Waals surface area contributed by atoms with Crippen molar-refractivity contribution in [2.24, 2.45) is 11.8 Å². The number of carboxylic acids is 1. The summed E-state index contributed by atoms with van der Waals surface area (Å²) in [4.78, 5) is 34.7. The zero-order valence-electron chi connectivity index (χ0n) is 14.1. The standard InChI is InChI=1S/C17H23ClN2O4/c1-10(2)6-15(21)20-12-4-5-14(18)13(8-12)17(24)19-9-11(3)7-16(22)23/h4-5,8,10-11H,6-7,9H2,1-3H3,(H,19,24)(H,20,21)(H,22,23). The fourth-order valence-electron chi connectivity index (χ4n) is 2.09. The Morgan fingerprint density at radius 3 is 2.42 bits per heavy atom. The van der Waals surface area contributed by atoms with Crippen LogP contribution >= 0.6 is 11.6 Å². The molecule has 24 heavy (non-hydrogen) atoms. The topological polar surface area (TPSA) is 95.5 Å². The summed E-state index contributed by atoms with van der Waals surface area (Å²) in [5.74, 6) is -1.41. The van der Waals surface area contributed by atoms with Crippen LogP contribution < -0.4 is 10.6 Å². The molecule has 0 saturated carbocycles. The van der Waals surface area contributed by atoms with Gasteiger partial charge in [0.2, 0.25) is 5.91 Å². The Hall–Kier alpha value is -2.08. The highest BCUT2D eigenvalue weighted by atomic mass is 35.5. The van der Waals surface area contributed by atoms with Crippen molar-refractivity contribution in [3.63, 3.8) is 0 Å². The molecule has 7 heteroatoms. The van der Waals surface area contributed by atoms with E-state index < -0.39 is 11.9 Å². The van der Waals surface area contributed by atoms with Crippen molar-refractivity contribution in [1.29, 1.82) is 0 Å². The summed E-state index contributed by atoms with van der Waals surface area (Å²) in [7, 11) is 0. The average molecular weight is 355 g/mol. The van der Waals surface area contributed by atoms with E-state index in [4.69, 9.17) is 16.7 Å². The number of hydrogen-bond acceptors (Lipinski definition) is 3. The number of carbonyl (C=O) groups excluding carboxylic acids is 2. The maximum atomic E-state index is 12.2. The molecule has 6 nitrogen and oxygen atoms in total. The zero-order valence-corrected chi connectivity index (χ0v) is 14.8. The molecule has 1 unspecified atom stereocenters. The minimum absolute atomic E-state index is 0.0285. The van der Waals surface area contributed by atoms with Gasteiger partial charge in [-0.05, 0) is 30.0 Å². The largest absolute Gasteiger partial charge is 0.481 e. The molecule has 3 N–H and O–H groups in total. The summed E-state index contributed by atoms with van der Waals surface area (Å²) < 4.78 is 0. The van der Waals surface area contributed by atoms with E-state index in [9.17, 15) is 14.4 Å². The van der Waals surface area contributed by atoms with Gasteiger partial charge in [-0.1, -0.05) is 32.4 Å². The second-order valence-corrected chi connectivity index (χ2v) is 6.66. The Morgan fingerprint density at radius 2 is 1.83 bits per heavy atom. The predicted molar refractivity (Wildman–Crippen MR) is 93.3 cm³/mol. The number of anilines is 1. The van der Waals surface area contributed by atoms with Crippen molar-refractivity contribution in [1.82, 2.24) is 5.32 Å². The molecule has 0 aliphatic heterocycles. The number of hydrogen-bond donors (Lipinski definition) is 3. The zero-order chi connectivity index (χ0) is 18.3. The minimum atomic E-state index is -0.912. The molecule has 0 spiro atoms. The monoisotopic (exact) mass is 354 g/mol. The van der Waals surface area contributed by atoms with Crippen LogP contribution in [-0.4, -0.2) is 29.4 Å². The lowest BCUT2D eigenvalue weighted by Crippen LogP contribution is -2.29. The van der Waals surface area contributed by atoms with Gasteiger partial charge in [0.25, 0.3) is 5.91 Å². The van der Waals surface area contributed by atoms with Gasteiger partial charge in [0.15, 0.2) is 0 Å². The second kappa shape index (κ2) is 9.27. The van der Waals surface area contributed by atoms with E-state index in [-0.39, 0.29) is 41.3 Å². The van der Waals surface area contributed by atoms with Crippen LogP contribution in [0.3, 0.4) is 0 Å². The highest BCUT2D eigenvalue weighted by molar-refractivity contribution is 6.34. The molecular formula is C17H23ClN2O4. The Morgan fingerprint density at radius 1 is 1.17 bits per heavy atom. The molecular weight excluding hydrogens is 332 g/mol. The SMILES string of the molecule is CC(C)CC(=O)Nc1ccc(Cl)c(C(=O)NCC(C)CC(=O)O)c1. The third-order valence-corrected chi connectivity index (χ3v) is 3.55. The summed E-state index contributed by atoms with van der Waals surface area (Å²) in [6, 6.07) is 4.68. The number of rotatable bonds is 8. The Balaban J connectivity index is 2.73. The summed E-state index contributed by atoms with van der Waals surface area (Å²) >= 11 is 6.04. The van der Waals surface area contributed by atoms with Crippen LogP contribution in [0.1, 0.15) is 44.0 Å². The van der Waals surface area contributed by atoms with Gasteiger partial charge in [-0.2, -0.15) is 0 Å². The van der Waals surface area contributed by atoms with Crippen LogP contribution in [0.15, 0.2) is 18.2 Å². The van der Waals surface area contributed by atoms with Crippen molar-refractivity contribution in [2.75, 3.05) is 11.9 Å². The number of halogens is 1. The Kier molecular flexibility index (Phi) is 7.71. The first-order valence-electron chi connectivity index (χ1n) is 7.78. The first kappa shape index (κ1) is 20.0. The van der Waals surface area contributed by atoms with Crippen LogP contribution in [0.2, 0.25) is 5.02 Å². The van der Waals surface area contributed by atoms with Gasteiger partial charge >= 0.3 is 5.97 Å². The normalized spacial score (nSPS) is 11.9. The van der Waals surface area contributed by atoms with E-state index in [0.29, 0.717) is 12.1 Å². The molecule has 1 aromatic rings. The Labute approximate surface area is 146 Å². The lowest BCUT2D eigenvalue weighted by atomic mass is 10.1. The van der Waals surface area contributed by atoms with Crippen LogP contribution in [0, 0.1) is 11.8 Å². The van der Waals surface area contributed by atoms with Gasteiger partial charge in [0.1, 0.15) is 0 Å². The molecule has 0 heterocycles. The van der Waals surface area contributed by atoms with E-state index in [1.54, 1.807) is 19.1 Å². The number of carboxylic acid groups (broad SMARTS) is 1. The summed E-state index contributed by atoms with van der Waals surface area (Å²) in [6.07, 6.45) is 0.357. The molecule has 0 fully saturated rings.